The number of carbonyl (C=O) groups is 3. The average Bonchev–Trinajstić information content (AvgIpc) is 2.78. The van der Waals surface area contributed by atoms with Gasteiger partial charge in [-0.1, -0.05) is 77.9 Å². The van der Waals surface area contributed by atoms with E-state index in [0.29, 0.717) is 16.7 Å². The van der Waals surface area contributed by atoms with Crippen molar-refractivity contribution in [2.45, 2.75) is 32.9 Å². The lowest BCUT2D eigenvalue weighted by Crippen LogP contribution is -2.40. The molecule has 0 bridgehead atoms. The molecule has 3 rings (SSSR count). The number of carbonyl (C=O) groups excluding carboxylic acids is 3. The van der Waals surface area contributed by atoms with Crippen molar-refractivity contribution in [1.82, 2.24) is 5.32 Å². The topological polar surface area (TPSA) is 72.5 Å². The van der Waals surface area contributed by atoms with E-state index in [0.717, 1.165) is 11.1 Å². The molecule has 0 aliphatic carbocycles. The summed E-state index contributed by atoms with van der Waals surface area (Å²) >= 11 is 0. The number of esters is 1. The Morgan fingerprint density at radius 3 is 1.87 bits per heavy atom. The molecule has 0 aromatic heterocycles. The van der Waals surface area contributed by atoms with Crippen LogP contribution in [0.15, 0.2) is 78.9 Å². The van der Waals surface area contributed by atoms with E-state index < -0.39 is 18.1 Å². The number of amides is 1. The summed E-state index contributed by atoms with van der Waals surface area (Å²) in [6.07, 6.45) is -1.10. The van der Waals surface area contributed by atoms with Crippen LogP contribution in [0.25, 0.3) is 0 Å². The van der Waals surface area contributed by atoms with Crippen molar-refractivity contribution < 1.29 is 19.1 Å². The molecule has 31 heavy (non-hydrogen) atoms. The summed E-state index contributed by atoms with van der Waals surface area (Å²) in [6, 6.07) is 22.0. The van der Waals surface area contributed by atoms with Crippen LogP contribution in [0, 0.1) is 13.8 Å². The molecule has 0 aliphatic heterocycles. The Bertz CT molecular complexity index is 1060. The van der Waals surface area contributed by atoms with Gasteiger partial charge in [-0.2, -0.15) is 0 Å². The lowest BCUT2D eigenvalue weighted by Gasteiger charge is -2.21. The van der Waals surface area contributed by atoms with Gasteiger partial charge in [0.15, 0.2) is 6.10 Å². The maximum absolute atomic E-state index is 13.2. The summed E-state index contributed by atoms with van der Waals surface area (Å²) in [6.45, 7) is 5.41. The lowest BCUT2D eigenvalue weighted by molar-refractivity contribution is -0.149. The van der Waals surface area contributed by atoms with E-state index in [1.807, 2.05) is 38.1 Å². The molecule has 3 aromatic rings. The Morgan fingerprint density at radius 2 is 1.29 bits per heavy atom. The van der Waals surface area contributed by atoms with Gasteiger partial charge in [0.1, 0.15) is 6.04 Å². The van der Waals surface area contributed by atoms with E-state index in [-0.39, 0.29) is 11.7 Å². The molecular formula is C26H25NO4. The highest BCUT2D eigenvalue weighted by Gasteiger charge is 2.29. The van der Waals surface area contributed by atoms with Gasteiger partial charge in [0.2, 0.25) is 5.78 Å². The quantitative estimate of drug-likeness (QED) is 0.453. The molecule has 0 aliphatic rings. The first-order valence-corrected chi connectivity index (χ1v) is 10.1. The van der Waals surface area contributed by atoms with E-state index >= 15 is 0 Å². The highest BCUT2D eigenvalue weighted by molar-refractivity contribution is 6.01. The molecular weight excluding hydrogens is 390 g/mol. The Balaban J connectivity index is 1.79. The van der Waals surface area contributed by atoms with E-state index in [1.165, 1.54) is 6.92 Å². The predicted octanol–water partition coefficient (Wildman–Crippen LogP) is 4.59. The van der Waals surface area contributed by atoms with Gasteiger partial charge in [0.25, 0.3) is 5.91 Å². The molecule has 0 saturated carbocycles. The highest BCUT2D eigenvalue weighted by atomic mass is 16.5. The van der Waals surface area contributed by atoms with Crippen LogP contribution < -0.4 is 5.32 Å². The molecule has 3 aromatic carbocycles. The standard InChI is InChI=1S/C26H25NO4/c1-17-9-13-20(14-10-17)23(28)24(21-15-11-18(2)12-16-21)31-26(30)19(3)27-25(29)22-7-5-4-6-8-22/h4-16,19,24H,1-3H3,(H,27,29)/t19-,24-/m0/s1. The number of hydrogen-bond acceptors (Lipinski definition) is 4. The van der Waals surface area contributed by atoms with Crippen molar-refractivity contribution >= 4 is 17.7 Å². The number of aryl methyl sites for hydroxylation is 2. The van der Waals surface area contributed by atoms with Crippen LogP contribution in [-0.2, 0) is 9.53 Å². The van der Waals surface area contributed by atoms with Crippen molar-refractivity contribution in [2.75, 3.05) is 0 Å². The minimum Gasteiger partial charge on any atom is -0.447 e. The minimum absolute atomic E-state index is 0.321. The van der Waals surface area contributed by atoms with E-state index in [4.69, 9.17) is 4.74 Å². The molecule has 0 saturated heterocycles. The first kappa shape index (κ1) is 22.0. The number of ether oxygens (including phenoxy) is 1. The maximum Gasteiger partial charge on any atom is 0.329 e. The SMILES string of the molecule is Cc1ccc(C(=O)[C@@H](OC(=O)[C@H](C)NC(=O)c2ccccc2)c2ccc(C)cc2)cc1. The first-order chi connectivity index (χ1) is 14.8. The molecule has 0 unspecified atom stereocenters. The van der Waals surface area contributed by atoms with Gasteiger partial charge in [0.05, 0.1) is 0 Å². The van der Waals surface area contributed by atoms with Crippen LogP contribution in [0.5, 0.6) is 0 Å². The number of nitrogens with one attached hydrogen (secondary N) is 1. The van der Waals surface area contributed by atoms with Gasteiger partial charge >= 0.3 is 5.97 Å². The molecule has 0 heterocycles. The summed E-state index contributed by atoms with van der Waals surface area (Å²) in [5.41, 5.74) is 3.52. The summed E-state index contributed by atoms with van der Waals surface area (Å²) in [7, 11) is 0. The van der Waals surface area contributed by atoms with Crippen LogP contribution in [0.3, 0.4) is 0 Å². The predicted molar refractivity (Wildman–Crippen MR) is 119 cm³/mol. The van der Waals surface area contributed by atoms with Crippen LogP contribution in [-0.4, -0.2) is 23.7 Å². The molecule has 5 heteroatoms. The van der Waals surface area contributed by atoms with Gasteiger partial charge < -0.3 is 10.1 Å². The van der Waals surface area contributed by atoms with Gasteiger partial charge in [-0.3, -0.25) is 9.59 Å². The Hall–Kier alpha value is -3.73. The number of benzene rings is 3. The van der Waals surface area contributed by atoms with Crippen molar-refractivity contribution in [1.29, 1.82) is 0 Å². The van der Waals surface area contributed by atoms with Crippen molar-refractivity contribution in [3.63, 3.8) is 0 Å². The van der Waals surface area contributed by atoms with E-state index in [1.54, 1.807) is 54.6 Å². The van der Waals surface area contributed by atoms with Gasteiger partial charge in [-0.05, 0) is 32.9 Å². The largest absolute Gasteiger partial charge is 0.447 e. The first-order valence-electron chi connectivity index (χ1n) is 10.1. The van der Waals surface area contributed by atoms with Gasteiger partial charge in [0, 0.05) is 16.7 Å². The van der Waals surface area contributed by atoms with Crippen LogP contribution in [0.2, 0.25) is 0 Å². The van der Waals surface area contributed by atoms with Crippen molar-refractivity contribution in [3.8, 4) is 0 Å². The van der Waals surface area contributed by atoms with Crippen LogP contribution in [0.4, 0.5) is 0 Å². The number of hydrogen-bond donors (Lipinski definition) is 1. The smallest absolute Gasteiger partial charge is 0.329 e. The second-order valence-corrected chi connectivity index (χ2v) is 7.52. The zero-order valence-electron chi connectivity index (χ0n) is 17.8. The van der Waals surface area contributed by atoms with Crippen LogP contribution >= 0.6 is 0 Å². The molecule has 1 amide bonds. The highest BCUT2D eigenvalue weighted by Crippen LogP contribution is 2.24. The van der Waals surface area contributed by atoms with E-state index in [9.17, 15) is 14.4 Å². The van der Waals surface area contributed by atoms with Gasteiger partial charge in [-0.25, -0.2) is 4.79 Å². The Kier molecular flexibility index (Phi) is 6.98. The summed E-state index contributed by atoms with van der Waals surface area (Å²) in [5.74, 6) is -1.39. The molecule has 158 valence electrons. The summed E-state index contributed by atoms with van der Waals surface area (Å²) in [4.78, 5) is 38.3. The van der Waals surface area contributed by atoms with Crippen molar-refractivity contribution in [2.24, 2.45) is 0 Å². The lowest BCUT2D eigenvalue weighted by atomic mass is 9.98. The monoisotopic (exact) mass is 415 g/mol. The number of ketones is 1. The van der Waals surface area contributed by atoms with E-state index in [2.05, 4.69) is 5.32 Å². The maximum atomic E-state index is 13.2. The zero-order valence-corrected chi connectivity index (χ0v) is 17.8. The van der Waals surface area contributed by atoms with Crippen LogP contribution in [0.1, 0.15) is 50.4 Å². The normalized spacial score (nSPS) is 12.5. The summed E-state index contributed by atoms with van der Waals surface area (Å²) in [5, 5.41) is 2.62. The fourth-order valence-corrected chi connectivity index (χ4v) is 3.03. The molecule has 0 spiro atoms. The number of Topliss-reactive ketones (excluding diaryl/α,β-unsaturated/α-hetero) is 1. The van der Waals surface area contributed by atoms with Crippen molar-refractivity contribution in [3.05, 3.63) is 107 Å². The fraction of sp³-hybridized carbons (Fsp3) is 0.192. The average molecular weight is 415 g/mol. The molecule has 0 radical (unpaired) electrons. The Labute approximate surface area is 182 Å². The fourth-order valence-electron chi connectivity index (χ4n) is 3.03. The molecule has 1 N–H and O–H groups in total. The molecule has 5 nitrogen and oxygen atoms in total. The molecule has 2 atom stereocenters. The third kappa shape index (κ3) is 5.66. The summed E-state index contributed by atoms with van der Waals surface area (Å²) < 4.78 is 5.62. The zero-order chi connectivity index (χ0) is 22.4. The number of rotatable bonds is 7. The third-order valence-electron chi connectivity index (χ3n) is 4.93. The second-order valence-electron chi connectivity index (χ2n) is 7.52. The third-order valence-corrected chi connectivity index (χ3v) is 4.93. The van der Waals surface area contributed by atoms with Gasteiger partial charge in [-0.15, -0.1) is 0 Å². The molecule has 0 fully saturated rings. The Morgan fingerprint density at radius 1 is 0.742 bits per heavy atom. The second kappa shape index (κ2) is 9.85. The minimum atomic E-state index is -1.10.